The van der Waals surface area contributed by atoms with Crippen molar-refractivity contribution in [2.45, 2.75) is 19.9 Å². The summed E-state index contributed by atoms with van der Waals surface area (Å²) in [7, 11) is 1.55. The molecular weight excluding hydrogens is 520 g/mol. The van der Waals surface area contributed by atoms with E-state index in [1.807, 2.05) is 29.0 Å². The van der Waals surface area contributed by atoms with Gasteiger partial charge in [0.1, 0.15) is 5.75 Å². The molecule has 1 aliphatic rings. The number of rotatable bonds is 7. The number of non-ortho nitro benzene ring substituents is 1. The number of nitro benzene ring substituents is 1. The fourth-order valence-electron chi connectivity index (χ4n) is 4.53. The monoisotopic (exact) mass is 544 g/mol. The zero-order valence-electron chi connectivity index (χ0n) is 21.4. The summed E-state index contributed by atoms with van der Waals surface area (Å²) < 4.78 is 14.5. The van der Waals surface area contributed by atoms with E-state index in [0.29, 0.717) is 43.3 Å². The molecule has 1 aliphatic heterocycles. The molecule has 4 aromatic rings. The SMILES string of the molecule is CCOC(=O)C1=C(C)N=c2s/c(=C/c3cccn3-c3ccc([N+](=O)[O-])cc3)c(=O)n2[C@H]1c1cccc(OC)c1. The Balaban J connectivity index is 1.67. The Morgan fingerprint density at radius 2 is 1.95 bits per heavy atom. The minimum absolute atomic E-state index is 0.00826. The van der Waals surface area contributed by atoms with Crippen molar-refractivity contribution in [3.63, 3.8) is 0 Å². The van der Waals surface area contributed by atoms with Crippen molar-refractivity contribution < 1.29 is 19.2 Å². The van der Waals surface area contributed by atoms with E-state index in [9.17, 15) is 19.7 Å². The first kappa shape index (κ1) is 25.9. The number of esters is 1. The molecule has 0 unspecified atom stereocenters. The van der Waals surface area contributed by atoms with Gasteiger partial charge in [-0.05, 0) is 61.9 Å². The highest BCUT2D eigenvalue weighted by atomic mass is 32.1. The number of hydrogen-bond acceptors (Lipinski definition) is 8. The van der Waals surface area contributed by atoms with Crippen molar-refractivity contribution in [1.82, 2.24) is 9.13 Å². The van der Waals surface area contributed by atoms with E-state index < -0.39 is 16.9 Å². The molecule has 10 nitrogen and oxygen atoms in total. The van der Waals surface area contributed by atoms with Gasteiger partial charge in [-0.3, -0.25) is 19.5 Å². The molecule has 2 aromatic heterocycles. The number of benzene rings is 2. The second-order valence-electron chi connectivity index (χ2n) is 8.66. The Hall–Kier alpha value is -4.77. The van der Waals surface area contributed by atoms with Gasteiger partial charge in [-0.2, -0.15) is 0 Å². The normalized spacial score (nSPS) is 15.1. The molecule has 5 rings (SSSR count). The molecule has 2 aromatic carbocycles. The fourth-order valence-corrected chi connectivity index (χ4v) is 5.57. The van der Waals surface area contributed by atoms with Crippen molar-refractivity contribution in [3.05, 3.63) is 119 Å². The van der Waals surface area contributed by atoms with E-state index in [1.165, 1.54) is 28.0 Å². The molecule has 0 amide bonds. The zero-order chi connectivity index (χ0) is 27.7. The number of nitrogens with zero attached hydrogens (tertiary/aromatic N) is 4. The van der Waals surface area contributed by atoms with Crippen LogP contribution in [-0.4, -0.2) is 33.7 Å². The third-order valence-electron chi connectivity index (χ3n) is 6.32. The summed E-state index contributed by atoms with van der Waals surface area (Å²) in [5, 5.41) is 11.0. The molecule has 11 heteroatoms. The van der Waals surface area contributed by atoms with Gasteiger partial charge in [-0.25, -0.2) is 9.79 Å². The van der Waals surface area contributed by atoms with Crippen LogP contribution in [0.3, 0.4) is 0 Å². The third kappa shape index (κ3) is 4.79. The van der Waals surface area contributed by atoms with Gasteiger partial charge in [0, 0.05) is 29.7 Å². The standard InChI is InChI=1S/C28H24N4O6S/c1-4-38-27(34)24-17(2)29-28-31(25(24)18-7-5-9-22(15-18)37-3)26(33)23(39-28)16-21-8-6-14-30(21)19-10-12-20(13-11-19)32(35)36/h5-16,25H,4H2,1-3H3/b23-16+/t25-/m0/s1. The lowest BCUT2D eigenvalue weighted by molar-refractivity contribution is -0.384. The number of aromatic nitrogens is 2. The van der Waals surface area contributed by atoms with Crippen LogP contribution >= 0.6 is 11.3 Å². The van der Waals surface area contributed by atoms with Crippen LogP contribution in [0.5, 0.6) is 5.75 Å². The quantitative estimate of drug-likeness (QED) is 0.200. The molecule has 0 aliphatic carbocycles. The summed E-state index contributed by atoms with van der Waals surface area (Å²) in [5.74, 6) is 0.0568. The van der Waals surface area contributed by atoms with Crippen LogP contribution in [0.15, 0.2) is 87.9 Å². The molecular formula is C28H24N4O6S. The van der Waals surface area contributed by atoms with Crippen LogP contribution < -0.4 is 19.6 Å². The summed E-state index contributed by atoms with van der Waals surface area (Å²) in [4.78, 5) is 42.6. The molecule has 1 atom stereocenters. The summed E-state index contributed by atoms with van der Waals surface area (Å²) in [5.41, 5.74) is 2.55. The fraction of sp³-hybridized carbons (Fsp3) is 0.179. The lowest BCUT2D eigenvalue weighted by atomic mass is 9.95. The van der Waals surface area contributed by atoms with Crippen LogP contribution in [0, 0.1) is 10.1 Å². The van der Waals surface area contributed by atoms with Gasteiger partial charge in [-0.15, -0.1) is 0 Å². The van der Waals surface area contributed by atoms with Gasteiger partial charge in [-0.1, -0.05) is 23.5 Å². The minimum atomic E-state index is -0.751. The van der Waals surface area contributed by atoms with Gasteiger partial charge >= 0.3 is 5.97 Å². The second-order valence-corrected chi connectivity index (χ2v) is 9.66. The van der Waals surface area contributed by atoms with E-state index in [1.54, 1.807) is 57.4 Å². The molecule has 0 fully saturated rings. The number of thiazole rings is 1. The molecule has 198 valence electrons. The van der Waals surface area contributed by atoms with Gasteiger partial charge in [0.05, 0.1) is 40.5 Å². The highest BCUT2D eigenvalue weighted by Gasteiger charge is 2.33. The molecule has 0 saturated carbocycles. The molecule has 0 radical (unpaired) electrons. The first-order valence-corrected chi connectivity index (χ1v) is 12.9. The predicted molar refractivity (Wildman–Crippen MR) is 146 cm³/mol. The van der Waals surface area contributed by atoms with Crippen LogP contribution in [0.2, 0.25) is 0 Å². The summed E-state index contributed by atoms with van der Waals surface area (Å²) in [6, 6.07) is 16.3. The van der Waals surface area contributed by atoms with Gasteiger partial charge < -0.3 is 14.0 Å². The average molecular weight is 545 g/mol. The van der Waals surface area contributed by atoms with Gasteiger partial charge in [0.15, 0.2) is 4.80 Å². The highest BCUT2D eigenvalue weighted by molar-refractivity contribution is 7.07. The van der Waals surface area contributed by atoms with Gasteiger partial charge in [0.2, 0.25) is 0 Å². The van der Waals surface area contributed by atoms with E-state index in [-0.39, 0.29) is 17.9 Å². The number of carbonyl (C=O) groups excluding carboxylic acids is 1. The first-order valence-electron chi connectivity index (χ1n) is 12.1. The van der Waals surface area contributed by atoms with Crippen LogP contribution in [0.4, 0.5) is 5.69 Å². The number of hydrogen-bond donors (Lipinski definition) is 0. The number of carbonyl (C=O) groups is 1. The average Bonchev–Trinajstić information content (AvgIpc) is 3.52. The Morgan fingerprint density at radius 3 is 2.64 bits per heavy atom. The van der Waals surface area contributed by atoms with Crippen molar-refractivity contribution in [3.8, 4) is 11.4 Å². The number of allylic oxidation sites excluding steroid dienone is 1. The topological polar surface area (TPSA) is 118 Å². The first-order chi connectivity index (χ1) is 18.8. The lowest BCUT2D eigenvalue weighted by Crippen LogP contribution is -2.40. The molecule has 0 saturated heterocycles. The van der Waals surface area contributed by atoms with Crippen molar-refractivity contribution in [1.29, 1.82) is 0 Å². The Bertz CT molecular complexity index is 1800. The number of nitro groups is 1. The second kappa shape index (κ2) is 10.5. The van der Waals surface area contributed by atoms with E-state index >= 15 is 0 Å². The maximum Gasteiger partial charge on any atom is 0.338 e. The lowest BCUT2D eigenvalue weighted by Gasteiger charge is -2.25. The third-order valence-corrected chi connectivity index (χ3v) is 7.31. The van der Waals surface area contributed by atoms with Crippen molar-refractivity contribution >= 4 is 29.1 Å². The summed E-state index contributed by atoms with van der Waals surface area (Å²) >= 11 is 1.22. The maximum atomic E-state index is 13.9. The zero-order valence-corrected chi connectivity index (χ0v) is 22.2. The van der Waals surface area contributed by atoms with E-state index in [4.69, 9.17) is 9.47 Å². The molecule has 0 spiro atoms. The van der Waals surface area contributed by atoms with E-state index in [2.05, 4.69) is 4.99 Å². The van der Waals surface area contributed by atoms with Crippen molar-refractivity contribution in [2.24, 2.45) is 4.99 Å². The molecule has 0 bridgehead atoms. The van der Waals surface area contributed by atoms with Gasteiger partial charge in [0.25, 0.3) is 11.2 Å². The molecule has 0 N–H and O–H groups in total. The molecule has 3 heterocycles. The van der Waals surface area contributed by atoms with E-state index in [0.717, 1.165) is 0 Å². The predicted octanol–water partition coefficient (Wildman–Crippen LogP) is 3.51. The molecule has 39 heavy (non-hydrogen) atoms. The number of ether oxygens (including phenoxy) is 2. The van der Waals surface area contributed by atoms with Crippen molar-refractivity contribution in [2.75, 3.05) is 13.7 Å². The number of methoxy groups -OCH3 is 1. The smallest absolute Gasteiger partial charge is 0.338 e. The maximum absolute atomic E-state index is 13.9. The Labute approximate surface area is 226 Å². The summed E-state index contributed by atoms with van der Waals surface area (Å²) in [6.07, 6.45) is 3.56. The minimum Gasteiger partial charge on any atom is -0.497 e. The summed E-state index contributed by atoms with van der Waals surface area (Å²) in [6.45, 7) is 3.64. The number of fused-ring (bicyclic) bond motifs is 1. The Kier molecular flexibility index (Phi) is 6.99. The van der Waals surface area contributed by atoms with Crippen LogP contribution in [-0.2, 0) is 9.53 Å². The highest BCUT2D eigenvalue weighted by Crippen LogP contribution is 2.32. The Morgan fingerprint density at radius 1 is 1.18 bits per heavy atom. The van der Waals surface area contributed by atoms with Crippen LogP contribution in [0.25, 0.3) is 11.8 Å². The van der Waals surface area contributed by atoms with Crippen LogP contribution in [0.1, 0.15) is 31.1 Å². The largest absolute Gasteiger partial charge is 0.497 e.